The number of nitrogens with one attached hydrogen (secondary N) is 2. The summed E-state index contributed by atoms with van der Waals surface area (Å²) in [5, 5.41) is 15.7. The second-order valence-electron chi connectivity index (χ2n) is 17.0. The van der Waals surface area contributed by atoms with Crippen LogP contribution in [0.1, 0.15) is 76.1 Å². The quantitative estimate of drug-likeness (QED) is 0.0684. The number of hydrogen-bond donors (Lipinski definition) is 2. The minimum absolute atomic E-state index is 0.146. The van der Waals surface area contributed by atoms with Crippen molar-refractivity contribution in [3.8, 4) is 0 Å². The highest BCUT2D eigenvalue weighted by atomic mass is 32.2. The number of nitro benzene ring substituents is 1. The Labute approximate surface area is 361 Å². The van der Waals surface area contributed by atoms with Gasteiger partial charge >= 0.3 is 0 Å². The molecule has 0 aromatic heterocycles. The van der Waals surface area contributed by atoms with E-state index < -0.39 is 20.9 Å². The number of nitro groups is 1. The molecule has 0 spiro atoms. The maximum absolute atomic E-state index is 13.5. The molecule has 0 unspecified atom stereocenters. The lowest BCUT2D eigenvalue weighted by Gasteiger charge is -2.39. The molecule has 3 aliphatic rings. The number of hydrogen-bond acceptors (Lipinski definition) is 11. The van der Waals surface area contributed by atoms with Gasteiger partial charge in [-0.3, -0.25) is 24.7 Å². The Morgan fingerprint density at radius 1 is 0.983 bits per heavy atom. The van der Waals surface area contributed by atoms with Crippen molar-refractivity contribution < 1.29 is 22.9 Å². The van der Waals surface area contributed by atoms with Gasteiger partial charge in [-0.15, -0.1) is 11.8 Å². The molecule has 0 bridgehead atoms. The molecule has 3 aromatic rings. The van der Waals surface area contributed by atoms with Crippen molar-refractivity contribution in [2.75, 3.05) is 81.5 Å². The Bertz CT molecular complexity index is 2080. The molecule has 0 saturated carbocycles. The second-order valence-corrected chi connectivity index (χ2v) is 19.8. The average Bonchev–Trinajstić information content (AvgIpc) is 3.25. The fraction of sp³-hybridized carbons (Fsp3) is 0.500. The van der Waals surface area contributed by atoms with E-state index in [2.05, 4.69) is 52.1 Å². The van der Waals surface area contributed by atoms with Crippen LogP contribution < -0.4 is 14.9 Å². The third-order valence-electron chi connectivity index (χ3n) is 11.9. The Morgan fingerprint density at radius 3 is 2.38 bits per heavy atom. The lowest BCUT2D eigenvalue weighted by molar-refractivity contribution is -0.384. The van der Waals surface area contributed by atoms with Crippen molar-refractivity contribution >= 4 is 44.8 Å². The molecular weight excluding hydrogens is 797 g/mol. The highest BCUT2D eigenvalue weighted by molar-refractivity contribution is 7.99. The first-order chi connectivity index (χ1) is 28.8. The number of unbranched alkanes of at least 4 members (excludes halogenated alkanes) is 1. The Morgan fingerprint density at radius 2 is 1.70 bits per heavy atom. The van der Waals surface area contributed by atoms with Gasteiger partial charge in [0.25, 0.3) is 21.6 Å². The van der Waals surface area contributed by atoms with Crippen LogP contribution >= 0.6 is 11.8 Å². The van der Waals surface area contributed by atoms with E-state index in [0.29, 0.717) is 24.4 Å². The highest BCUT2D eigenvalue weighted by Crippen LogP contribution is 2.42. The summed E-state index contributed by atoms with van der Waals surface area (Å²) in [4.78, 5) is 32.8. The van der Waals surface area contributed by atoms with Gasteiger partial charge < -0.3 is 15.0 Å². The largest absolute Gasteiger partial charge is 0.379 e. The van der Waals surface area contributed by atoms with Crippen LogP contribution in [0.2, 0.25) is 0 Å². The number of nitrogens with zero attached hydrogens (tertiary/aromatic N) is 4. The number of piperazine rings is 1. The van der Waals surface area contributed by atoms with E-state index in [1.807, 2.05) is 42.5 Å². The smallest absolute Gasteiger partial charge is 0.293 e. The Hall–Kier alpha value is -4.21. The van der Waals surface area contributed by atoms with E-state index >= 15 is 0 Å². The van der Waals surface area contributed by atoms with Crippen LogP contribution in [0.25, 0.3) is 0 Å². The number of morpholine rings is 1. The van der Waals surface area contributed by atoms with E-state index in [1.54, 1.807) is 29.5 Å². The number of anilines is 2. The first kappa shape index (κ1) is 45.3. The van der Waals surface area contributed by atoms with E-state index in [0.717, 1.165) is 94.7 Å². The van der Waals surface area contributed by atoms with Crippen molar-refractivity contribution in [2.24, 2.45) is 5.41 Å². The average molecular weight is 859 g/mol. The van der Waals surface area contributed by atoms with Crippen LogP contribution in [0.3, 0.4) is 0 Å². The van der Waals surface area contributed by atoms with Crippen LogP contribution in [0.15, 0.2) is 106 Å². The maximum atomic E-state index is 13.5. The van der Waals surface area contributed by atoms with Crippen LogP contribution in [0, 0.1) is 15.5 Å². The molecule has 60 heavy (non-hydrogen) atoms. The number of benzene rings is 3. The molecule has 12 nitrogen and oxygen atoms in total. The summed E-state index contributed by atoms with van der Waals surface area (Å²) in [6.07, 6.45) is 7.55. The minimum Gasteiger partial charge on any atom is -0.379 e. The molecule has 1 aliphatic carbocycles. The number of ether oxygens (including phenoxy) is 1. The van der Waals surface area contributed by atoms with Gasteiger partial charge in [-0.05, 0) is 98.0 Å². The summed E-state index contributed by atoms with van der Waals surface area (Å²) in [6, 6.07) is 20.4. The lowest BCUT2D eigenvalue weighted by atomic mass is 9.72. The summed E-state index contributed by atoms with van der Waals surface area (Å²) in [5.41, 5.74) is 5.65. The number of sulfonamides is 1. The lowest BCUT2D eigenvalue weighted by Crippen LogP contribution is -2.47. The molecule has 2 heterocycles. The summed E-state index contributed by atoms with van der Waals surface area (Å²) in [7, 11) is -4.43. The predicted molar refractivity (Wildman–Crippen MR) is 243 cm³/mol. The molecule has 2 aliphatic heterocycles. The fourth-order valence-electron chi connectivity index (χ4n) is 8.17. The second kappa shape index (κ2) is 21.0. The summed E-state index contributed by atoms with van der Waals surface area (Å²) in [5.74, 6) is -0.164. The number of allylic oxidation sites excluding steroid dienone is 2. The first-order valence-corrected chi connectivity index (χ1v) is 23.8. The van der Waals surface area contributed by atoms with E-state index in [-0.39, 0.29) is 27.9 Å². The van der Waals surface area contributed by atoms with Crippen molar-refractivity contribution in [1.29, 1.82) is 0 Å². The van der Waals surface area contributed by atoms with E-state index in [1.165, 1.54) is 42.5 Å². The van der Waals surface area contributed by atoms with Crippen LogP contribution in [0.5, 0.6) is 0 Å². The van der Waals surface area contributed by atoms with Gasteiger partial charge in [-0.25, -0.2) is 13.1 Å². The number of carbonyl (C=O) groups excluding carboxylic acids is 1. The standard InChI is InChI=1S/C46H62N6O6S2/c1-5-6-10-35(2)42-32-46(3,4)21-19-37(42)33-50-23-25-51(26-24-50)39-15-13-36(14-16-39)45(53)48-60(56,57)41-17-18-43(44(31-41)52(54)55)47-38(20-22-49-27-29-58-30-28-49)34-59-40-11-8-7-9-12-40/h7-9,11-18,31,38,47H,2,5-6,10,19-30,32-34H2,1,3-4H3,(H,48,53)/t38-/m1/s1. The van der Waals surface area contributed by atoms with Gasteiger partial charge in [0.05, 0.1) is 23.0 Å². The molecule has 324 valence electrons. The Kier molecular flexibility index (Phi) is 15.9. The molecule has 2 N–H and O–H groups in total. The van der Waals surface area contributed by atoms with Crippen LogP contribution in [0.4, 0.5) is 17.1 Å². The van der Waals surface area contributed by atoms with E-state index in [9.17, 15) is 23.3 Å². The molecule has 3 aromatic carbocycles. The first-order valence-electron chi connectivity index (χ1n) is 21.4. The van der Waals surface area contributed by atoms with Gasteiger partial charge in [0.15, 0.2) is 0 Å². The van der Waals surface area contributed by atoms with Crippen LogP contribution in [-0.2, 0) is 14.8 Å². The topological polar surface area (TPSA) is 137 Å². The molecule has 6 rings (SSSR count). The minimum atomic E-state index is -4.43. The molecule has 1 amide bonds. The zero-order chi connectivity index (χ0) is 42.7. The van der Waals surface area contributed by atoms with Gasteiger partial charge in [0.2, 0.25) is 0 Å². The number of thioether (sulfide) groups is 1. The molecule has 14 heteroatoms. The van der Waals surface area contributed by atoms with Gasteiger partial charge in [-0.2, -0.15) is 0 Å². The van der Waals surface area contributed by atoms with Crippen LogP contribution in [-0.4, -0.2) is 106 Å². The molecule has 2 saturated heterocycles. The normalized spacial score (nSPS) is 18.2. The maximum Gasteiger partial charge on any atom is 0.293 e. The van der Waals surface area contributed by atoms with Crippen molar-refractivity contribution in [3.63, 3.8) is 0 Å². The fourth-order valence-corrected chi connectivity index (χ4v) is 10.2. The third-order valence-corrected chi connectivity index (χ3v) is 14.4. The van der Waals surface area contributed by atoms with Crippen molar-refractivity contribution in [3.05, 3.63) is 112 Å². The summed E-state index contributed by atoms with van der Waals surface area (Å²) in [6.45, 7) is 19.8. The monoisotopic (exact) mass is 858 g/mol. The Balaban J connectivity index is 1.06. The predicted octanol–water partition coefficient (Wildman–Crippen LogP) is 8.38. The molecular formula is C46H62N6O6S2. The summed E-state index contributed by atoms with van der Waals surface area (Å²) < 4.78 is 34.5. The van der Waals surface area contributed by atoms with Gasteiger partial charge in [0, 0.05) is 86.4 Å². The summed E-state index contributed by atoms with van der Waals surface area (Å²) >= 11 is 1.65. The zero-order valence-electron chi connectivity index (χ0n) is 35.5. The SMILES string of the molecule is C=C(CCCC)C1=C(CN2CCN(c3ccc(C(=O)NS(=O)(=O)c4ccc(N[C@H](CCN5CCOCC5)CSc5ccccc5)c([N+](=O)[O-])c4)cc3)CC2)CCC(C)(C)C1. The van der Waals surface area contributed by atoms with Crippen molar-refractivity contribution in [1.82, 2.24) is 14.5 Å². The van der Waals surface area contributed by atoms with E-state index in [4.69, 9.17) is 4.74 Å². The zero-order valence-corrected chi connectivity index (χ0v) is 37.1. The number of rotatable bonds is 19. The van der Waals surface area contributed by atoms with Crippen molar-refractivity contribution in [2.45, 2.75) is 81.5 Å². The number of carbonyl (C=O) groups is 1. The third kappa shape index (κ3) is 12.7. The van der Waals surface area contributed by atoms with Gasteiger partial charge in [-0.1, -0.05) is 63.1 Å². The van der Waals surface area contributed by atoms with Gasteiger partial charge in [0.1, 0.15) is 5.69 Å². The highest BCUT2D eigenvalue weighted by Gasteiger charge is 2.30. The molecule has 2 fully saturated rings. The molecule has 1 atom stereocenters. The number of amides is 1. The molecule has 0 radical (unpaired) electrons.